The summed E-state index contributed by atoms with van der Waals surface area (Å²) in [4.78, 5) is 24.9. The number of carbonyl (C=O) groups excluding carboxylic acids is 1. The van der Waals surface area contributed by atoms with Crippen LogP contribution in [-0.4, -0.2) is 40.8 Å². The first kappa shape index (κ1) is 22.5. The van der Waals surface area contributed by atoms with Crippen LogP contribution in [0.3, 0.4) is 0 Å². The van der Waals surface area contributed by atoms with E-state index in [0.29, 0.717) is 18.1 Å². The number of nitrogens with zero attached hydrogens (tertiary/aromatic N) is 6. The Morgan fingerprint density at radius 2 is 2.00 bits per heavy atom. The van der Waals surface area contributed by atoms with E-state index in [-0.39, 0.29) is 11.3 Å². The summed E-state index contributed by atoms with van der Waals surface area (Å²) in [5.41, 5.74) is 6.14. The van der Waals surface area contributed by atoms with Crippen LogP contribution in [0, 0.1) is 6.92 Å². The number of pyridine rings is 1. The van der Waals surface area contributed by atoms with Gasteiger partial charge in [-0.3, -0.25) is 9.48 Å². The number of hydrogen-bond acceptors (Lipinski definition) is 7. The molecule has 0 aliphatic carbocycles. The lowest BCUT2D eigenvalue weighted by atomic mass is 9.97. The molecule has 0 fully saturated rings. The minimum absolute atomic E-state index is 0.0351. The molecule has 0 saturated heterocycles. The average molecular weight is 471 g/mol. The van der Waals surface area contributed by atoms with Crippen LogP contribution in [0.5, 0.6) is 0 Å². The van der Waals surface area contributed by atoms with E-state index < -0.39 is 5.91 Å². The zero-order chi connectivity index (χ0) is 24.7. The highest BCUT2D eigenvalue weighted by atomic mass is 16.4. The van der Waals surface area contributed by atoms with E-state index in [1.54, 1.807) is 17.1 Å². The summed E-state index contributed by atoms with van der Waals surface area (Å²) in [7, 11) is 1.87. The van der Waals surface area contributed by atoms with Crippen LogP contribution >= 0.6 is 0 Å². The molecule has 1 amide bonds. The van der Waals surface area contributed by atoms with E-state index in [2.05, 4.69) is 41.6 Å². The van der Waals surface area contributed by atoms with Crippen LogP contribution in [0.4, 0.5) is 0 Å². The van der Waals surface area contributed by atoms with Crippen LogP contribution in [0.1, 0.15) is 48.5 Å². The summed E-state index contributed by atoms with van der Waals surface area (Å²) in [6.45, 7) is 8.22. The van der Waals surface area contributed by atoms with E-state index in [0.717, 1.165) is 39.2 Å². The van der Waals surface area contributed by atoms with Crippen molar-refractivity contribution in [2.45, 2.75) is 39.7 Å². The Morgan fingerprint density at radius 1 is 1.17 bits per heavy atom. The first-order valence-electron chi connectivity index (χ1n) is 11.2. The van der Waals surface area contributed by atoms with E-state index in [1.807, 2.05) is 59.1 Å². The highest BCUT2D eigenvalue weighted by molar-refractivity contribution is 5.91. The van der Waals surface area contributed by atoms with Crippen LogP contribution < -0.4 is 5.32 Å². The fourth-order valence-corrected chi connectivity index (χ4v) is 3.76. The molecular formula is C25H26N8O2. The van der Waals surface area contributed by atoms with Gasteiger partial charge in [-0.2, -0.15) is 5.10 Å². The molecular weight excluding hydrogens is 444 g/mol. The van der Waals surface area contributed by atoms with E-state index in [1.165, 1.54) is 0 Å². The van der Waals surface area contributed by atoms with Gasteiger partial charge in [0.15, 0.2) is 5.65 Å². The molecule has 1 aromatic carbocycles. The monoisotopic (exact) mass is 470 g/mol. The fraction of sp³-hybridized carbons (Fsp3) is 0.280. The lowest BCUT2D eigenvalue weighted by Crippen LogP contribution is -2.23. The van der Waals surface area contributed by atoms with Crippen molar-refractivity contribution in [3.05, 3.63) is 65.8 Å². The number of benzene rings is 1. The highest BCUT2D eigenvalue weighted by Crippen LogP contribution is 2.30. The van der Waals surface area contributed by atoms with Crippen molar-refractivity contribution < 1.29 is 9.21 Å². The summed E-state index contributed by atoms with van der Waals surface area (Å²) in [6, 6.07) is 8.08. The molecule has 10 nitrogen and oxygen atoms in total. The standard InChI is InChI=1S/C25H26N8O2/c1-14-10-15(6-7-16(14)11-27-22(34)23-31-32-24(35-23)25(2,3)4)18-8-9-26-21-19(18)29-20(30-21)17-12-28-33(5)13-17/h6-10,12-13H,11H2,1-5H3,(H,27,34)(H,26,29,30). The second-order valence-electron chi connectivity index (χ2n) is 9.53. The summed E-state index contributed by atoms with van der Waals surface area (Å²) >= 11 is 0. The van der Waals surface area contributed by atoms with Gasteiger partial charge in [-0.1, -0.05) is 39.0 Å². The van der Waals surface area contributed by atoms with Crippen molar-refractivity contribution in [1.82, 2.24) is 40.2 Å². The number of aromatic amines is 1. The lowest BCUT2D eigenvalue weighted by molar-refractivity contribution is 0.0912. The predicted molar refractivity (Wildman–Crippen MR) is 130 cm³/mol. The molecule has 0 aliphatic rings. The van der Waals surface area contributed by atoms with Crippen LogP contribution in [-0.2, 0) is 19.0 Å². The van der Waals surface area contributed by atoms with Gasteiger partial charge in [0.05, 0.1) is 17.3 Å². The molecule has 0 bridgehead atoms. The number of aryl methyl sites for hydroxylation is 2. The molecule has 0 saturated carbocycles. The Balaban J connectivity index is 1.36. The molecule has 0 spiro atoms. The number of H-pyrrole nitrogens is 1. The van der Waals surface area contributed by atoms with Gasteiger partial charge in [-0.25, -0.2) is 9.97 Å². The molecule has 5 rings (SSSR count). The number of carbonyl (C=O) groups is 1. The van der Waals surface area contributed by atoms with Crippen molar-refractivity contribution >= 4 is 17.1 Å². The van der Waals surface area contributed by atoms with Gasteiger partial charge in [-0.05, 0) is 29.7 Å². The number of aromatic nitrogens is 7. The fourth-order valence-electron chi connectivity index (χ4n) is 3.76. The van der Waals surface area contributed by atoms with Crippen LogP contribution in [0.15, 0.2) is 47.3 Å². The molecule has 2 N–H and O–H groups in total. The first-order chi connectivity index (χ1) is 16.7. The normalized spacial score (nSPS) is 11.8. The molecule has 0 radical (unpaired) electrons. The van der Waals surface area contributed by atoms with E-state index >= 15 is 0 Å². The maximum Gasteiger partial charge on any atom is 0.309 e. The molecule has 178 valence electrons. The maximum absolute atomic E-state index is 12.5. The minimum atomic E-state index is -0.396. The zero-order valence-electron chi connectivity index (χ0n) is 20.2. The molecule has 4 aromatic heterocycles. The molecule has 35 heavy (non-hydrogen) atoms. The summed E-state index contributed by atoms with van der Waals surface area (Å²) in [5, 5.41) is 14.9. The quantitative estimate of drug-likeness (QED) is 0.398. The van der Waals surface area contributed by atoms with Crippen molar-refractivity contribution in [3.63, 3.8) is 0 Å². The topological polar surface area (TPSA) is 127 Å². The third-order valence-electron chi connectivity index (χ3n) is 5.72. The van der Waals surface area contributed by atoms with Gasteiger partial charge in [0.25, 0.3) is 0 Å². The maximum atomic E-state index is 12.5. The van der Waals surface area contributed by atoms with Gasteiger partial charge in [0.1, 0.15) is 5.82 Å². The van der Waals surface area contributed by atoms with E-state index in [9.17, 15) is 4.79 Å². The van der Waals surface area contributed by atoms with Crippen LogP contribution in [0.2, 0.25) is 0 Å². The van der Waals surface area contributed by atoms with Crippen LogP contribution in [0.25, 0.3) is 33.7 Å². The van der Waals surface area contributed by atoms with Crippen molar-refractivity contribution in [1.29, 1.82) is 0 Å². The molecule has 5 aromatic rings. The van der Waals surface area contributed by atoms with Gasteiger partial charge in [-0.15, -0.1) is 10.2 Å². The van der Waals surface area contributed by atoms with Gasteiger partial charge < -0.3 is 14.7 Å². The Hall–Kier alpha value is -4.34. The SMILES string of the molecule is Cc1cc(-c2ccnc3nc(-c4cnn(C)c4)[nH]c23)ccc1CNC(=O)c1nnc(C(C)(C)C)o1. The zero-order valence-corrected chi connectivity index (χ0v) is 20.2. The van der Waals surface area contributed by atoms with Gasteiger partial charge in [0.2, 0.25) is 5.89 Å². The smallest absolute Gasteiger partial charge is 0.309 e. The number of amides is 1. The Kier molecular flexibility index (Phi) is 5.43. The number of fused-ring (bicyclic) bond motifs is 1. The first-order valence-corrected chi connectivity index (χ1v) is 11.2. The summed E-state index contributed by atoms with van der Waals surface area (Å²) in [6.07, 6.45) is 5.43. The van der Waals surface area contributed by atoms with Crippen molar-refractivity contribution in [2.24, 2.45) is 7.05 Å². The number of hydrogen-bond donors (Lipinski definition) is 2. The predicted octanol–water partition coefficient (Wildman–Crippen LogP) is 3.94. The number of imidazole rings is 1. The summed E-state index contributed by atoms with van der Waals surface area (Å²) < 4.78 is 7.26. The highest BCUT2D eigenvalue weighted by Gasteiger charge is 2.24. The van der Waals surface area contributed by atoms with Crippen molar-refractivity contribution in [2.75, 3.05) is 0 Å². The molecule has 10 heteroatoms. The molecule has 0 aliphatic heterocycles. The minimum Gasteiger partial charge on any atom is -0.416 e. The summed E-state index contributed by atoms with van der Waals surface area (Å²) in [5.74, 6) is 0.719. The number of nitrogens with one attached hydrogen (secondary N) is 2. The van der Waals surface area contributed by atoms with Gasteiger partial charge >= 0.3 is 11.8 Å². The third-order valence-corrected chi connectivity index (χ3v) is 5.72. The van der Waals surface area contributed by atoms with E-state index in [4.69, 9.17) is 4.42 Å². The Labute approximate surface area is 201 Å². The van der Waals surface area contributed by atoms with Crippen molar-refractivity contribution in [3.8, 4) is 22.5 Å². The van der Waals surface area contributed by atoms with Gasteiger partial charge in [0, 0.05) is 37.0 Å². The lowest BCUT2D eigenvalue weighted by Gasteiger charge is -2.11. The average Bonchev–Trinajstić information content (AvgIpc) is 3.56. The molecule has 0 atom stereocenters. The largest absolute Gasteiger partial charge is 0.416 e. The Bertz CT molecular complexity index is 1540. The Morgan fingerprint density at radius 3 is 2.69 bits per heavy atom. The third kappa shape index (κ3) is 4.42. The number of rotatable bonds is 5. The second-order valence-corrected chi connectivity index (χ2v) is 9.53. The molecule has 0 unspecified atom stereocenters. The second kappa shape index (κ2) is 8.46. The molecule has 4 heterocycles.